The number of carbonyl (C=O) groups excluding carboxylic acids is 3. The van der Waals surface area contributed by atoms with E-state index in [2.05, 4.69) is 0 Å². The number of imide groups is 2. The predicted molar refractivity (Wildman–Crippen MR) is 49.4 cm³/mol. The molecule has 0 atom stereocenters. The van der Waals surface area contributed by atoms with Crippen molar-refractivity contribution in [2.24, 2.45) is 0 Å². The van der Waals surface area contributed by atoms with Crippen LogP contribution in [-0.4, -0.2) is 40.2 Å². The van der Waals surface area contributed by atoms with Crippen molar-refractivity contribution in [3.8, 4) is 0 Å². The Balaban J connectivity index is 3.03. The highest BCUT2D eigenvalue weighted by Crippen LogP contribution is 2.20. The Kier molecular flexibility index (Phi) is 2.35. The van der Waals surface area contributed by atoms with E-state index in [1.54, 1.807) is 20.8 Å². The van der Waals surface area contributed by atoms with Crippen LogP contribution < -0.4 is 0 Å². The molecule has 1 aliphatic heterocycles. The number of nitrogens with zero attached hydrogens (tertiary/aromatic N) is 2. The summed E-state index contributed by atoms with van der Waals surface area (Å²) in [6.07, 6.45) is -0.223. The highest BCUT2D eigenvalue weighted by Gasteiger charge is 2.41. The summed E-state index contributed by atoms with van der Waals surface area (Å²) in [7, 11) is 1.38. The average molecular weight is 198 g/mol. The minimum atomic E-state index is -0.580. The molecule has 0 radical (unpaired) electrons. The minimum Gasteiger partial charge on any atom is -0.274 e. The SMILES string of the molecule is CN1C(=O)CC(=O)N(C(C)(C)C)C1=O. The lowest BCUT2D eigenvalue weighted by atomic mass is 10.0. The molecule has 1 heterocycles. The summed E-state index contributed by atoms with van der Waals surface area (Å²) in [6.45, 7) is 5.27. The van der Waals surface area contributed by atoms with Crippen LogP contribution in [0.1, 0.15) is 27.2 Å². The zero-order chi connectivity index (χ0) is 11.1. The van der Waals surface area contributed by atoms with Gasteiger partial charge in [-0.05, 0) is 20.8 Å². The maximum absolute atomic E-state index is 11.6. The number of hydrogen-bond acceptors (Lipinski definition) is 3. The standard InChI is InChI=1S/C9H14N2O3/c1-9(2,3)11-7(13)5-6(12)10(4)8(11)14/h5H2,1-4H3. The molecule has 0 bridgehead atoms. The summed E-state index contributed by atoms with van der Waals surface area (Å²) in [5.74, 6) is -0.869. The molecule has 78 valence electrons. The van der Waals surface area contributed by atoms with E-state index in [4.69, 9.17) is 0 Å². The highest BCUT2D eigenvalue weighted by molar-refractivity contribution is 6.14. The molecule has 4 amide bonds. The topological polar surface area (TPSA) is 57.7 Å². The Morgan fingerprint density at radius 1 is 1.07 bits per heavy atom. The van der Waals surface area contributed by atoms with Crippen LogP contribution in [0.2, 0.25) is 0 Å². The minimum absolute atomic E-state index is 0.223. The van der Waals surface area contributed by atoms with Crippen molar-refractivity contribution in [1.82, 2.24) is 9.80 Å². The van der Waals surface area contributed by atoms with Crippen LogP contribution in [0.3, 0.4) is 0 Å². The van der Waals surface area contributed by atoms with Gasteiger partial charge in [-0.3, -0.25) is 19.4 Å². The van der Waals surface area contributed by atoms with Gasteiger partial charge in [-0.15, -0.1) is 0 Å². The molecule has 5 heteroatoms. The first-order valence-electron chi connectivity index (χ1n) is 4.38. The molecular formula is C9H14N2O3. The Hall–Kier alpha value is -1.39. The zero-order valence-corrected chi connectivity index (χ0v) is 8.83. The number of hydrogen-bond donors (Lipinski definition) is 0. The molecule has 1 aliphatic rings. The summed E-state index contributed by atoms with van der Waals surface area (Å²) in [5, 5.41) is 0. The summed E-state index contributed by atoms with van der Waals surface area (Å²) >= 11 is 0. The quantitative estimate of drug-likeness (QED) is 0.535. The van der Waals surface area contributed by atoms with Crippen molar-refractivity contribution in [2.45, 2.75) is 32.7 Å². The Bertz CT molecular complexity index is 304. The molecule has 5 nitrogen and oxygen atoms in total. The van der Waals surface area contributed by atoms with Crippen LogP contribution in [0.25, 0.3) is 0 Å². The van der Waals surface area contributed by atoms with Gasteiger partial charge in [0.2, 0.25) is 11.8 Å². The lowest BCUT2D eigenvalue weighted by Crippen LogP contribution is -2.59. The fourth-order valence-corrected chi connectivity index (χ4v) is 1.35. The predicted octanol–water partition coefficient (Wildman–Crippen LogP) is 0.596. The third-order valence-corrected chi connectivity index (χ3v) is 2.07. The van der Waals surface area contributed by atoms with Gasteiger partial charge in [0.05, 0.1) is 0 Å². The number of urea groups is 1. The third kappa shape index (κ3) is 1.62. The molecular weight excluding hydrogens is 184 g/mol. The van der Waals surface area contributed by atoms with Gasteiger partial charge >= 0.3 is 6.03 Å². The van der Waals surface area contributed by atoms with Gasteiger partial charge in [0.25, 0.3) is 0 Å². The number of barbiturate groups is 1. The van der Waals surface area contributed by atoms with Gasteiger partial charge in [-0.25, -0.2) is 4.79 Å². The molecule has 0 unspecified atom stereocenters. The molecule has 0 N–H and O–H groups in total. The molecule has 1 rings (SSSR count). The van der Waals surface area contributed by atoms with Crippen molar-refractivity contribution in [2.75, 3.05) is 7.05 Å². The number of amides is 4. The van der Waals surface area contributed by atoms with Crippen LogP contribution in [0.15, 0.2) is 0 Å². The molecule has 0 saturated carbocycles. The van der Waals surface area contributed by atoms with Gasteiger partial charge in [0, 0.05) is 12.6 Å². The van der Waals surface area contributed by atoms with Crippen LogP contribution in [0.4, 0.5) is 4.79 Å². The summed E-state index contributed by atoms with van der Waals surface area (Å²) in [5.41, 5.74) is -0.580. The molecule has 1 fully saturated rings. The fraction of sp³-hybridized carbons (Fsp3) is 0.667. The van der Waals surface area contributed by atoms with Crippen molar-refractivity contribution in [1.29, 1.82) is 0 Å². The van der Waals surface area contributed by atoms with Crippen molar-refractivity contribution in [3.63, 3.8) is 0 Å². The average Bonchev–Trinajstić information content (AvgIpc) is 1.97. The maximum Gasteiger partial charge on any atom is 0.333 e. The number of carbonyl (C=O) groups is 3. The van der Waals surface area contributed by atoms with E-state index in [-0.39, 0.29) is 6.42 Å². The molecule has 0 spiro atoms. The van der Waals surface area contributed by atoms with E-state index >= 15 is 0 Å². The first-order chi connectivity index (χ1) is 6.25. The lowest BCUT2D eigenvalue weighted by molar-refractivity contribution is -0.144. The normalized spacial score (nSPS) is 19.3. The second-order valence-corrected chi connectivity index (χ2v) is 4.31. The van der Waals surface area contributed by atoms with Gasteiger partial charge in [0.15, 0.2) is 0 Å². The van der Waals surface area contributed by atoms with E-state index in [1.807, 2.05) is 0 Å². The second kappa shape index (κ2) is 3.08. The maximum atomic E-state index is 11.6. The molecule has 0 aromatic rings. The monoisotopic (exact) mass is 198 g/mol. The first kappa shape index (κ1) is 10.7. The van der Waals surface area contributed by atoms with E-state index in [0.717, 1.165) is 9.80 Å². The van der Waals surface area contributed by atoms with E-state index in [1.165, 1.54) is 7.05 Å². The summed E-state index contributed by atoms with van der Waals surface area (Å²) in [6, 6.07) is -0.543. The van der Waals surface area contributed by atoms with Crippen molar-refractivity contribution >= 4 is 17.8 Å². The molecule has 0 aromatic carbocycles. The van der Waals surface area contributed by atoms with Gasteiger partial charge in [-0.2, -0.15) is 0 Å². The van der Waals surface area contributed by atoms with Crippen LogP contribution in [-0.2, 0) is 9.59 Å². The van der Waals surface area contributed by atoms with Gasteiger partial charge in [-0.1, -0.05) is 0 Å². The summed E-state index contributed by atoms with van der Waals surface area (Å²) in [4.78, 5) is 36.3. The molecule has 0 aromatic heterocycles. The van der Waals surface area contributed by atoms with Crippen LogP contribution >= 0.6 is 0 Å². The molecule has 1 saturated heterocycles. The Labute approximate surface area is 82.7 Å². The van der Waals surface area contributed by atoms with E-state index in [9.17, 15) is 14.4 Å². The van der Waals surface area contributed by atoms with Crippen molar-refractivity contribution in [3.05, 3.63) is 0 Å². The fourth-order valence-electron chi connectivity index (χ4n) is 1.35. The highest BCUT2D eigenvalue weighted by atomic mass is 16.2. The molecule has 0 aliphatic carbocycles. The van der Waals surface area contributed by atoms with E-state index < -0.39 is 23.4 Å². The number of rotatable bonds is 0. The van der Waals surface area contributed by atoms with Crippen LogP contribution in [0, 0.1) is 0 Å². The second-order valence-electron chi connectivity index (χ2n) is 4.31. The lowest BCUT2D eigenvalue weighted by Gasteiger charge is -2.38. The van der Waals surface area contributed by atoms with Gasteiger partial charge < -0.3 is 0 Å². The van der Waals surface area contributed by atoms with Crippen LogP contribution in [0.5, 0.6) is 0 Å². The third-order valence-electron chi connectivity index (χ3n) is 2.07. The van der Waals surface area contributed by atoms with Gasteiger partial charge in [0.1, 0.15) is 6.42 Å². The van der Waals surface area contributed by atoms with E-state index in [0.29, 0.717) is 0 Å². The largest absolute Gasteiger partial charge is 0.333 e. The first-order valence-corrected chi connectivity index (χ1v) is 4.38. The zero-order valence-electron chi connectivity index (χ0n) is 8.83. The Morgan fingerprint density at radius 2 is 1.57 bits per heavy atom. The summed E-state index contributed by atoms with van der Waals surface area (Å²) < 4.78 is 0. The van der Waals surface area contributed by atoms with Crippen molar-refractivity contribution < 1.29 is 14.4 Å². The molecule has 14 heavy (non-hydrogen) atoms. The smallest absolute Gasteiger partial charge is 0.274 e. The Morgan fingerprint density at radius 3 is 2.00 bits per heavy atom.